The first-order valence-corrected chi connectivity index (χ1v) is 11.8. The third-order valence-electron chi connectivity index (χ3n) is 4.80. The van der Waals surface area contributed by atoms with Crippen molar-refractivity contribution in [2.24, 2.45) is 0 Å². The second-order valence-electron chi connectivity index (χ2n) is 7.27. The molecule has 8 heteroatoms. The maximum atomic E-state index is 12.7. The number of thiazole rings is 1. The SMILES string of the molecule is CCN(CC(=O)NCc1ccc(Cl)cc1)C(=O)/C=C/c1ccccc1OCc1csc(C)n1. The predicted molar refractivity (Wildman–Crippen MR) is 132 cm³/mol. The van der Waals surface area contributed by atoms with Gasteiger partial charge in [-0.15, -0.1) is 11.3 Å². The van der Waals surface area contributed by atoms with Crippen LogP contribution in [0.3, 0.4) is 0 Å². The van der Waals surface area contributed by atoms with E-state index in [-0.39, 0.29) is 18.4 Å². The fraction of sp³-hybridized carbons (Fsp3) is 0.240. The molecule has 0 fully saturated rings. The quantitative estimate of drug-likeness (QED) is 0.418. The number of aryl methyl sites for hydroxylation is 1. The van der Waals surface area contributed by atoms with Crippen LogP contribution in [0.1, 0.15) is 28.8 Å². The molecule has 172 valence electrons. The van der Waals surface area contributed by atoms with E-state index in [1.165, 1.54) is 11.0 Å². The van der Waals surface area contributed by atoms with Crippen LogP contribution in [0.2, 0.25) is 5.02 Å². The summed E-state index contributed by atoms with van der Waals surface area (Å²) in [5.41, 5.74) is 2.58. The number of rotatable bonds is 10. The van der Waals surface area contributed by atoms with Crippen molar-refractivity contribution in [1.29, 1.82) is 0 Å². The van der Waals surface area contributed by atoms with Gasteiger partial charge in [0.2, 0.25) is 11.8 Å². The van der Waals surface area contributed by atoms with Crippen molar-refractivity contribution in [3.05, 3.63) is 86.8 Å². The summed E-state index contributed by atoms with van der Waals surface area (Å²) in [7, 11) is 0. The minimum Gasteiger partial charge on any atom is -0.487 e. The topological polar surface area (TPSA) is 71.5 Å². The number of benzene rings is 2. The molecule has 1 aromatic heterocycles. The second-order valence-corrected chi connectivity index (χ2v) is 8.77. The zero-order valence-corrected chi connectivity index (χ0v) is 20.2. The summed E-state index contributed by atoms with van der Waals surface area (Å²) >= 11 is 7.46. The van der Waals surface area contributed by atoms with Crippen LogP contribution < -0.4 is 10.1 Å². The van der Waals surface area contributed by atoms with Gasteiger partial charge in [-0.25, -0.2) is 4.98 Å². The van der Waals surface area contributed by atoms with Crippen LogP contribution in [0.4, 0.5) is 0 Å². The van der Waals surface area contributed by atoms with E-state index in [2.05, 4.69) is 10.3 Å². The Bertz CT molecular complexity index is 1110. The molecule has 0 spiro atoms. The number of amides is 2. The van der Waals surface area contributed by atoms with Gasteiger partial charge in [0, 0.05) is 35.1 Å². The molecule has 0 saturated carbocycles. The Morgan fingerprint density at radius 3 is 2.64 bits per heavy atom. The van der Waals surface area contributed by atoms with Gasteiger partial charge in [0.15, 0.2) is 0 Å². The maximum Gasteiger partial charge on any atom is 0.247 e. The number of aromatic nitrogens is 1. The third kappa shape index (κ3) is 7.73. The minimum atomic E-state index is -0.246. The molecular weight excluding hydrogens is 458 g/mol. The van der Waals surface area contributed by atoms with Crippen LogP contribution >= 0.6 is 22.9 Å². The minimum absolute atomic E-state index is 0.0193. The molecule has 0 bridgehead atoms. The van der Waals surface area contributed by atoms with Gasteiger partial charge in [0.25, 0.3) is 0 Å². The Kier molecular flexibility index (Phi) is 9.04. The van der Waals surface area contributed by atoms with E-state index in [0.29, 0.717) is 30.5 Å². The molecule has 2 aromatic carbocycles. The van der Waals surface area contributed by atoms with Crippen LogP contribution in [-0.4, -0.2) is 34.8 Å². The molecule has 3 rings (SSSR count). The van der Waals surface area contributed by atoms with Crippen LogP contribution in [-0.2, 0) is 22.7 Å². The number of halogens is 1. The number of carbonyl (C=O) groups is 2. The van der Waals surface area contributed by atoms with E-state index >= 15 is 0 Å². The number of ether oxygens (including phenoxy) is 1. The summed E-state index contributed by atoms with van der Waals surface area (Å²) in [6.45, 7) is 4.92. The van der Waals surface area contributed by atoms with Gasteiger partial charge in [0.1, 0.15) is 12.4 Å². The van der Waals surface area contributed by atoms with Gasteiger partial charge in [-0.1, -0.05) is 41.9 Å². The van der Waals surface area contributed by atoms with Crippen molar-refractivity contribution >= 4 is 40.8 Å². The van der Waals surface area contributed by atoms with E-state index < -0.39 is 0 Å². The molecule has 0 aliphatic carbocycles. The van der Waals surface area contributed by atoms with Crippen molar-refractivity contribution < 1.29 is 14.3 Å². The Morgan fingerprint density at radius 1 is 1.18 bits per heavy atom. The van der Waals surface area contributed by atoms with E-state index in [1.807, 2.05) is 55.6 Å². The Hall–Kier alpha value is -3.16. The number of nitrogens with one attached hydrogen (secondary N) is 1. The molecule has 1 heterocycles. The third-order valence-corrected chi connectivity index (χ3v) is 5.87. The van der Waals surface area contributed by atoms with Crippen molar-refractivity contribution in [2.45, 2.75) is 27.0 Å². The zero-order valence-electron chi connectivity index (χ0n) is 18.6. The molecule has 0 saturated heterocycles. The summed E-state index contributed by atoms with van der Waals surface area (Å²) in [5, 5.41) is 6.43. The van der Waals surface area contributed by atoms with Gasteiger partial charge in [-0.2, -0.15) is 0 Å². The highest BCUT2D eigenvalue weighted by Gasteiger charge is 2.13. The molecule has 0 atom stereocenters. The molecule has 6 nitrogen and oxygen atoms in total. The van der Waals surface area contributed by atoms with Crippen LogP contribution in [0.25, 0.3) is 6.08 Å². The van der Waals surface area contributed by atoms with Crippen LogP contribution in [0.5, 0.6) is 5.75 Å². The van der Waals surface area contributed by atoms with E-state index in [1.54, 1.807) is 29.5 Å². The van der Waals surface area contributed by atoms with Crippen LogP contribution in [0.15, 0.2) is 60.0 Å². The van der Waals surface area contributed by atoms with E-state index in [4.69, 9.17) is 16.3 Å². The molecule has 0 aliphatic rings. The molecule has 2 amide bonds. The fourth-order valence-corrected chi connectivity index (χ4v) is 3.74. The highest BCUT2D eigenvalue weighted by Crippen LogP contribution is 2.21. The lowest BCUT2D eigenvalue weighted by molar-refractivity contribution is -0.132. The van der Waals surface area contributed by atoms with Gasteiger partial charge in [-0.3, -0.25) is 9.59 Å². The monoisotopic (exact) mass is 483 g/mol. The molecule has 0 aliphatic heterocycles. The summed E-state index contributed by atoms with van der Waals surface area (Å²) in [6.07, 6.45) is 3.17. The summed E-state index contributed by atoms with van der Waals surface area (Å²) in [4.78, 5) is 30.9. The van der Waals surface area contributed by atoms with Gasteiger partial charge in [-0.05, 0) is 43.7 Å². The highest BCUT2D eigenvalue weighted by molar-refractivity contribution is 7.09. The molecule has 1 N–H and O–H groups in total. The lowest BCUT2D eigenvalue weighted by Crippen LogP contribution is -2.39. The van der Waals surface area contributed by atoms with Crippen molar-refractivity contribution in [3.8, 4) is 5.75 Å². The molecule has 3 aromatic rings. The molecular formula is C25H26ClN3O3S. The number of hydrogen-bond acceptors (Lipinski definition) is 5. The number of nitrogens with zero attached hydrogens (tertiary/aromatic N) is 2. The Balaban J connectivity index is 1.55. The number of carbonyl (C=O) groups excluding carboxylic acids is 2. The molecule has 33 heavy (non-hydrogen) atoms. The Labute approximate surface area is 202 Å². The summed E-state index contributed by atoms with van der Waals surface area (Å²) in [5.74, 6) is 0.191. The van der Waals surface area contributed by atoms with E-state index in [0.717, 1.165) is 21.8 Å². The molecule has 0 unspecified atom stereocenters. The van der Waals surface area contributed by atoms with Gasteiger partial charge in [0.05, 0.1) is 17.2 Å². The first kappa shape index (κ1) is 24.5. The number of para-hydroxylation sites is 1. The lowest BCUT2D eigenvalue weighted by atomic mass is 10.2. The van der Waals surface area contributed by atoms with Gasteiger partial charge >= 0.3 is 0 Å². The maximum absolute atomic E-state index is 12.7. The van der Waals surface area contributed by atoms with Gasteiger partial charge < -0.3 is 15.0 Å². The molecule has 0 radical (unpaired) electrons. The van der Waals surface area contributed by atoms with Crippen molar-refractivity contribution in [2.75, 3.05) is 13.1 Å². The first-order chi connectivity index (χ1) is 15.9. The Morgan fingerprint density at radius 2 is 1.94 bits per heavy atom. The average Bonchev–Trinajstić information content (AvgIpc) is 3.24. The summed E-state index contributed by atoms with van der Waals surface area (Å²) < 4.78 is 5.90. The van der Waals surface area contributed by atoms with Crippen LogP contribution in [0, 0.1) is 6.92 Å². The largest absolute Gasteiger partial charge is 0.487 e. The average molecular weight is 484 g/mol. The first-order valence-electron chi connectivity index (χ1n) is 10.6. The number of hydrogen-bond donors (Lipinski definition) is 1. The fourth-order valence-electron chi connectivity index (χ4n) is 3.02. The zero-order chi connectivity index (χ0) is 23.6. The van der Waals surface area contributed by atoms with E-state index in [9.17, 15) is 9.59 Å². The smallest absolute Gasteiger partial charge is 0.247 e. The van der Waals surface area contributed by atoms with Crippen molar-refractivity contribution in [1.82, 2.24) is 15.2 Å². The normalized spacial score (nSPS) is 10.9. The highest BCUT2D eigenvalue weighted by atomic mass is 35.5. The standard InChI is InChI=1S/C25H26ClN3O3S/c1-3-29(15-24(30)27-14-19-8-11-21(26)12-9-19)25(31)13-10-20-6-4-5-7-23(20)32-16-22-17-33-18(2)28-22/h4-13,17H,3,14-16H2,1-2H3,(H,27,30)/b13-10+. The number of likely N-dealkylation sites (N-methyl/N-ethyl adjacent to an activating group) is 1. The second kappa shape index (κ2) is 12.2. The summed E-state index contributed by atoms with van der Waals surface area (Å²) in [6, 6.07) is 14.7. The van der Waals surface area contributed by atoms with Crippen molar-refractivity contribution in [3.63, 3.8) is 0 Å². The lowest BCUT2D eigenvalue weighted by Gasteiger charge is -2.18. The predicted octanol–water partition coefficient (Wildman–Crippen LogP) is 4.86.